The molecule has 0 saturated heterocycles. The van der Waals surface area contributed by atoms with Crippen LogP contribution in [-0.4, -0.2) is 9.38 Å². The number of para-hydroxylation sites is 1. The standard InChI is InChI=1S/C28H20N3/c1-17-12-13-21-20-10-6-7-11-23(20)31-24-15-19(18-8-4-3-5-9-18)14-22-26(24)28(25(17)27(21)31)30(2)16-29-22/h3-16H,1-2H3/q+1. The minimum atomic E-state index is 1.03. The maximum absolute atomic E-state index is 4.85. The molecule has 0 radical (unpaired) electrons. The van der Waals surface area contributed by atoms with Crippen LogP contribution in [0.2, 0.25) is 0 Å². The van der Waals surface area contributed by atoms with E-state index in [4.69, 9.17) is 4.98 Å². The van der Waals surface area contributed by atoms with Gasteiger partial charge in [0.2, 0.25) is 0 Å². The molecule has 3 heterocycles. The van der Waals surface area contributed by atoms with Gasteiger partial charge in [-0.15, -0.1) is 0 Å². The number of pyridine rings is 1. The molecule has 0 atom stereocenters. The lowest BCUT2D eigenvalue weighted by Gasteiger charge is -2.14. The van der Waals surface area contributed by atoms with Crippen molar-refractivity contribution in [2.24, 2.45) is 7.05 Å². The summed E-state index contributed by atoms with van der Waals surface area (Å²) in [5, 5.41) is 5.12. The molecule has 31 heavy (non-hydrogen) atoms. The van der Waals surface area contributed by atoms with E-state index < -0.39 is 0 Å². The Hall–Kier alpha value is -3.98. The molecule has 0 bridgehead atoms. The molecule has 0 aliphatic heterocycles. The summed E-state index contributed by atoms with van der Waals surface area (Å²) in [6.45, 7) is 2.21. The van der Waals surface area contributed by atoms with E-state index in [1.54, 1.807) is 0 Å². The summed E-state index contributed by atoms with van der Waals surface area (Å²) in [6.07, 6.45) is 1.95. The van der Waals surface area contributed by atoms with Crippen molar-refractivity contribution < 1.29 is 4.57 Å². The van der Waals surface area contributed by atoms with E-state index in [1.807, 2.05) is 6.33 Å². The molecule has 7 aromatic rings. The van der Waals surface area contributed by atoms with E-state index in [9.17, 15) is 0 Å². The van der Waals surface area contributed by atoms with Crippen LogP contribution in [0.1, 0.15) is 5.56 Å². The average Bonchev–Trinajstić information content (AvgIpc) is 3.15. The zero-order valence-corrected chi connectivity index (χ0v) is 17.4. The van der Waals surface area contributed by atoms with Crippen LogP contribution in [0.4, 0.5) is 0 Å². The molecule has 3 heteroatoms. The fourth-order valence-electron chi connectivity index (χ4n) is 5.32. The maximum atomic E-state index is 4.85. The summed E-state index contributed by atoms with van der Waals surface area (Å²) in [7, 11) is 2.10. The van der Waals surface area contributed by atoms with Crippen LogP contribution in [0.15, 0.2) is 85.2 Å². The van der Waals surface area contributed by atoms with Gasteiger partial charge >= 0.3 is 0 Å². The Balaban J connectivity index is 1.86. The van der Waals surface area contributed by atoms with Crippen LogP contribution in [0.25, 0.3) is 60.3 Å². The number of rotatable bonds is 1. The molecule has 7 rings (SSSR count). The molecule has 0 amide bonds. The van der Waals surface area contributed by atoms with Crippen molar-refractivity contribution >= 4 is 49.1 Å². The first-order valence-corrected chi connectivity index (χ1v) is 10.6. The van der Waals surface area contributed by atoms with Crippen LogP contribution in [0, 0.1) is 6.92 Å². The van der Waals surface area contributed by atoms with Gasteiger partial charge in [0.1, 0.15) is 5.52 Å². The number of nitrogens with zero attached hydrogens (tertiary/aromatic N) is 3. The van der Waals surface area contributed by atoms with Gasteiger partial charge in [-0.2, -0.15) is 0 Å². The van der Waals surface area contributed by atoms with Crippen molar-refractivity contribution in [2.45, 2.75) is 6.92 Å². The second-order valence-electron chi connectivity index (χ2n) is 8.47. The Kier molecular flexibility index (Phi) is 3.14. The summed E-state index contributed by atoms with van der Waals surface area (Å²) in [5.74, 6) is 0. The second kappa shape index (κ2) is 5.79. The van der Waals surface area contributed by atoms with Crippen LogP contribution in [0.3, 0.4) is 0 Å². The highest BCUT2D eigenvalue weighted by Gasteiger charge is 2.24. The van der Waals surface area contributed by atoms with Crippen molar-refractivity contribution in [2.75, 3.05) is 0 Å². The Labute approximate surface area is 179 Å². The largest absolute Gasteiger partial charge is 0.308 e. The predicted molar refractivity (Wildman–Crippen MR) is 128 cm³/mol. The summed E-state index contributed by atoms with van der Waals surface area (Å²) in [4.78, 5) is 4.85. The predicted octanol–water partition coefficient (Wildman–Crippen LogP) is 6.18. The van der Waals surface area contributed by atoms with E-state index in [0.717, 1.165) is 5.52 Å². The first kappa shape index (κ1) is 16.8. The Morgan fingerprint density at radius 3 is 2.42 bits per heavy atom. The molecule has 0 fully saturated rings. The molecule has 0 saturated carbocycles. The fraction of sp³-hybridized carbons (Fsp3) is 0.0714. The molecule has 4 aromatic carbocycles. The van der Waals surface area contributed by atoms with Crippen molar-refractivity contribution in [1.82, 2.24) is 9.38 Å². The molecule has 0 aliphatic rings. The highest BCUT2D eigenvalue weighted by atomic mass is 15.0. The molecule has 0 N–H and O–H groups in total. The zero-order valence-electron chi connectivity index (χ0n) is 17.4. The molecule has 3 aromatic heterocycles. The van der Waals surface area contributed by atoms with Gasteiger partial charge in [0.05, 0.1) is 29.0 Å². The lowest BCUT2D eigenvalue weighted by atomic mass is 9.98. The van der Waals surface area contributed by atoms with Gasteiger partial charge in [-0.1, -0.05) is 60.7 Å². The molecule has 3 nitrogen and oxygen atoms in total. The summed E-state index contributed by atoms with van der Waals surface area (Å²) >= 11 is 0. The Bertz CT molecular complexity index is 1790. The number of aryl methyl sites for hydroxylation is 2. The van der Waals surface area contributed by atoms with Crippen LogP contribution >= 0.6 is 0 Å². The summed E-state index contributed by atoms with van der Waals surface area (Å²) in [5.41, 5.74) is 9.71. The molecule has 146 valence electrons. The fourth-order valence-corrected chi connectivity index (χ4v) is 5.32. The van der Waals surface area contributed by atoms with Gasteiger partial charge < -0.3 is 4.40 Å². The lowest BCUT2D eigenvalue weighted by molar-refractivity contribution is -0.646. The van der Waals surface area contributed by atoms with Gasteiger partial charge in [0, 0.05) is 16.2 Å². The third-order valence-corrected chi connectivity index (χ3v) is 6.69. The van der Waals surface area contributed by atoms with E-state index in [-0.39, 0.29) is 0 Å². The number of fused-ring (bicyclic) bond motifs is 5. The van der Waals surface area contributed by atoms with E-state index in [0.29, 0.717) is 0 Å². The Morgan fingerprint density at radius 2 is 1.55 bits per heavy atom. The van der Waals surface area contributed by atoms with Gasteiger partial charge in [-0.05, 0) is 46.8 Å². The van der Waals surface area contributed by atoms with Gasteiger partial charge in [0.15, 0.2) is 5.52 Å². The first-order valence-electron chi connectivity index (χ1n) is 10.6. The number of hydrogen-bond donors (Lipinski definition) is 0. The molecule has 0 unspecified atom stereocenters. The summed E-state index contributed by atoms with van der Waals surface area (Å²) < 4.78 is 4.63. The molecule has 0 aliphatic carbocycles. The van der Waals surface area contributed by atoms with Crippen LogP contribution in [-0.2, 0) is 7.05 Å². The second-order valence-corrected chi connectivity index (χ2v) is 8.47. The van der Waals surface area contributed by atoms with E-state index >= 15 is 0 Å². The van der Waals surface area contributed by atoms with Crippen molar-refractivity contribution in [3.63, 3.8) is 0 Å². The van der Waals surface area contributed by atoms with Crippen molar-refractivity contribution in [3.05, 3.63) is 90.8 Å². The normalized spacial score (nSPS) is 12.2. The number of benzene rings is 4. The topological polar surface area (TPSA) is 21.2 Å². The minimum absolute atomic E-state index is 1.03. The molecular weight excluding hydrogens is 378 g/mol. The number of aromatic nitrogens is 3. The highest BCUT2D eigenvalue weighted by molar-refractivity contribution is 6.25. The summed E-state index contributed by atoms with van der Waals surface area (Å²) in [6, 6.07) is 28.4. The third kappa shape index (κ3) is 2.08. The van der Waals surface area contributed by atoms with E-state index in [2.05, 4.69) is 102 Å². The lowest BCUT2D eigenvalue weighted by Crippen LogP contribution is -2.30. The molecule has 0 spiro atoms. The third-order valence-electron chi connectivity index (χ3n) is 6.69. The molecular formula is C28H20N3+. The maximum Gasteiger partial charge on any atom is 0.287 e. The van der Waals surface area contributed by atoms with Crippen molar-refractivity contribution in [3.8, 4) is 11.1 Å². The smallest absolute Gasteiger partial charge is 0.287 e. The SMILES string of the molecule is Cc1ccc2c3ccccc3n3c4cc(-c5ccccc5)cc5nc[n+](C)c(c1c23)c54. The first-order chi connectivity index (χ1) is 15.2. The zero-order chi connectivity index (χ0) is 20.7. The van der Waals surface area contributed by atoms with Gasteiger partial charge in [-0.25, -0.2) is 4.57 Å². The van der Waals surface area contributed by atoms with Crippen LogP contribution in [0.5, 0.6) is 0 Å². The van der Waals surface area contributed by atoms with Crippen molar-refractivity contribution in [1.29, 1.82) is 0 Å². The monoisotopic (exact) mass is 398 g/mol. The highest BCUT2D eigenvalue weighted by Crippen LogP contribution is 2.41. The van der Waals surface area contributed by atoms with Crippen LogP contribution < -0.4 is 4.57 Å². The average molecular weight is 398 g/mol. The van der Waals surface area contributed by atoms with Gasteiger partial charge in [-0.3, -0.25) is 0 Å². The number of hydrogen-bond acceptors (Lipinski definition) is 1. The quantitative estimate of drug-likeness (QED) is 0.184. The minimum Gasteiger partial charge on any atom is -0.308 e. The Morgan fingerprint density at radius 1 is 0.742 bits per heavy atom. The van der Waals surface area contributed by atoms with E-state index in [1.165, 1.54) is 60.3 Å². The van der Waals surface area contributed by atoms with Gasteiger partial charge in [0.25, 0.3) is 6.33 Å².